The van der Waals surface area contributed by atoms with Gasteiger partial charge in [-0.05, 0) is 16.7 Å². The summed E-state index contributed by atoms with van der Waals surface area (Å²) in [6, 6.07) is 1.34. The lowest BCUT2D eigenvalue weighted by atomic mass is 10.1. The summed E-state index contributed by atoms with van der Waals surface area (Å²) in [7, 11) is 0. The van der Waals surface area contributed by atoms with Crippen molar-refractivity contribution in [3.8, 4) is 5.75 Å². The Hall–Kier alpha value is -3.76. The highest BCUT2D eigenvalue weighted by molar-refractivity contribution is 6.05. The zero-order valence-electron chi connectivity index (χ0n) is 15.8. The lowest BCUT2D eigenvalue weighted by Crippen LogP contribution is -2.20. The molecule has 0 aliphatic rings. The highest BCUT2D eigenvalue weighted by Gasteiger charge is 2.23. The average Bonchev–Trinajstić information content (AvgIpc) is 3.15. The maximum Gasteiger partial charge on any atom is 0.332 e. The molecule has 0 saturated heterocycles. The Morgan fingerprint density at radius 2 is 1.55 bits per heavy atom. The minimum atomic E-state index is -0.765. The predicted octanol–water partition coefficient (Wildman–Crippen LogP) is 0.712. The van der Waals surface area contributed by atoms with Crippen molar-refractivity contribution >= 4 is 33.9 Å². The number of ether oxygens (including phenoxy) is 1. The van der Waals surface area contributed by atoms with Gasteiger partial charge in [0.2, 0.25) is 0 Å². The summed E-state index contributed by atoms with van der Waals surface area (Å²) in [6.45, 7) is 4.47. The van der Waals surface area contributed by atoms with E-state index in [2.05, 4.69) is 20.0 Å². The molecule has 0 atom stereocenters. The van der Waals surface area contributed by atoms with Crippen LogP contribution in [0.5, 0.6) is 5.75 Å². The molecule has 3 aromatic rings. The van der Waals surface area contributed by atoms with Gasteiger partial charge in [-0.2, -0.15) is 0 Å². The second-order valence-electron chi connectivity index (χ2n) is 5.97. The number of hydrogen-bond donors (Lipinski definition) is 0. The summed E-state index contributed by atoms with van der Waals surface area (Å²) in [5.74, 6) is -1.41. The largest absolute Gasteiger partial charge is 0.493 e. The molecule has 11 nitrogen and oxygen atoms in total. The van der Waals surface area contributed by atoms with Crippen molar-refractivity contribution in [2.45, 2.75) is 33.6 Å². The van der Waals surface area contributed by atoms with Crippen molar-refractivity contribution in [3.63, 3.8) is 0 Å². The van der Waals surface area contributed by atoms with Gasteiger partial charge in [0.05, 0.1) is 6.61 Å². The van der Waals surface area contributed by atoms with E-state index in [0.29, 0.717) is 13.0 Å². The lowest BCUT2D eigenvalue weighted by molar-refractivity contribution is -0.142. The van der Waals surface area contributed by atoms with Gasteiger partial charge >= 0.3 is 23.0 Å². The molecule has 0 N–H and O–H groups in total. The van der Waals surface area contributed by atoms with Gasteiger partial charge in [0.1, 0.15) is 22.1 Å². The first-order valence-corrected chi connectivity index (χ1v) is 8.63. The predicted molar refractivity (Wildman–Crippen MR) is 96.0 cm³/mol. The second kappa shape index (κ2) is 8.09. The van der Waals surface area contributed by atoms with E-state index in [-0.39, 0.29) is 27.7 Å². The standard InChI is InChI=1S/C18H16N2O9/c1-4-5-6-25-10-7-11-13(15(24)17(26-11)19-28-8(2)21)16-12(10)14(23)18(27-16)20-29-9(3)22/h7H,4-6H2,1-3H3. The Bertz CT molecular complexity index is 1320. The fourth-order valence-corrected chi connectivity index (χ4v) is 2.50. The quantitative estimate of drug-likeness (QED) is 0.329. The molecule has 2 aromatic heterocycles. The van der Waals surface area contributed by atoms with Gasteiger partial charge in [0.15, 0.2) is 5.58 Å². The first kappa shape index (κ1) is 20.0. The zero-order chi connectivity index (χ0) is 21.1. The molecule has 0 bridgehead atoms. The third-order valence-corrected chi connectivity index (χ3v) is 3.73. The fraction of sp³-hybridized carbons (Fsp3) is 0.333. The van der Waals surface area contributed by atoms with Crippen molar-refractivity contribution in [3.05, 3.63) is 37.6 Å². The molecule has 29 heavy (non-hydrogen) atoms. The van der Waals surface area contributed by atoms with Crippen LogP contribution in [0.2, 0.25) is 0 Å². The van der Waals surface area contributed by atoms with E-state index in [1.54, 1.807) is 0 Å². The van der Waals surface area contributed by atoms with Crippen LogP contribution in [-0.4, -0.2) is 18.5 Å². The zero-order valence-corrected chi connectivity index (χ0v) is 15.8. The topological polar surface area (TPSA) is 147 Å². The van der Waals surface area contributed by atoms with Gasteiger partial charge in [-0.1, -0.05) is 13.3 Å². The van der Waals surface area contributed by atoms with Crippen LogP contribution in [0.15, 0.2) is 34.8 Å². The molecule has 0 amide bonds. The maximum atomic E-state index is 12.7. The van der Waals surface area contributed by atoms with Crippen LogP contribution in [0.3, 0.4) is 0 Å². The van der Waals surface area contributed by atoms with Gasteiger partial charge in [-0.3, -0.25) is 9.59 Å². The molecule has 0 saturated carbocycles. The number of carbonyl (C=O) groups is 2. The maximum absolute atomic E-state index is 12.7. The summed E-state index contributed by atoms with van der Waals surface area (Å²) >= 11 is 0. The minimum Gasteiger partial charge on any atom is -0.493 e. The second-order valence-corrected chi connectivity index (χ2v) is 5.97. The molecule has 11 heteroatoms. The van der Waals surface area contributed by atoms with Crippen molar-refractivity contribution in [1.29, 1.82) is 0 Å². The van der Waals surface area contributed by atoms with Gasteiger partial charge in [-0.25, -0.2) is 9.59 Å². The Labute approximate surface area is 161 Å². The van der Waals surface area contributed by atoms with Crippen molar-refractivity contribution in [2.24, 2.45) is 10.3 Å². The Balaban J connectivity index is 2.34. The highest BCUT2D eigenvalue weighted by Crippen LogP contribution is 2.29. The molecule has 152 valence electrons. The van der Waals surface area contributed by atoms with E-state index in [1.165, 1.54) is 6.07 Å². The van der Waals surface area contributed by atoms with E-state index < -0.39 is 33.9 Å². The molecule has 0 spiro atoms. The van der Waals surface area contributed by atoms with Crippen LogP contribution in [0.25, 0.3) is 21.9 Å². The number of unbranched alkanes of at least 4 members (excludes halogenated alkanes) is 1. The summed E-state index contributed by atoms with van der Waals surface area (Å²) in [4.78, 5) is 56.1. The van der Waals surface area contributed by atoms with E-state index in [4.69, 9.17) is 13.6 Å². The molecule has 0 aliphatic carbocycles. The lowest BCUT2D eigenvalue weighted by Gasteiger charge is -2.05. The number of furan rings is 2. The third-order valence-electron chi connectivity index (χ3n) is 3.73. The van der Waals surface area contributed by atoms with Crippen LogP contribution in [0.4, 0.5) is 0 Å². The molecule has 0 radical (unpaired) electrons. The highest BCUT2D eigenvalue weighted by atomic mass is 16.7. The molecule has 0 unspecified atom stereocenters. The van der Waals surface area contributed by atoms with Crippen LogP contribution in [0.1, 0.15) is 33.6 Å². The van der Waals surface area contributed by atoms with Crippen molar-refractivity contribution in [2.75, 3.05) is 6.61 Å². The van der Waals surface area contributed by atoms with E-state index in [1.807, 2.05) is 6.92 Å². The van der Waals surface area contributed by atoms with Crippen LogP contribution >= 0.6 is 0 Å². The van der Waals surface area contributed by atoms with Crippen molar-refractivity contribution in [1.82, 2.24) is 0 Å². The molecule has 3 rings (SSSR count). The van der Waals surface area contributed by atoms with Crippen molar-refractivity contribution < 1.29 is 32.8 Å². The first-order valence-electron chi connectivity index (χ1n) is 8.63. The smallest absolute Gasteiger partial charge is 0.332 e. The van der Waals surface area contributed by atoms with Gasteiger partial charge < -0.3 is 23.2 Å². The Kier molecular flexibility index (Phi) is 5.57. The Morgan fingerprint density at radius 3 is 2.14 bits per heavy atom. The number of nitrogens with zero attached hydrogens (tertiary/aromatic N) is 2. The molecule has 0 fully saturated rings. The van der Waals surface area contributed by atoms with E-state index in [9.17, 15) is 19.2 Å². The number of carbonyl (C=O) groups excluding carboxylic acids is 2. The first-order chi connectivity index (χ1) is 13.8. The van der Waals surface area contributed by atoms with Gasteiger partial charge in [0.25, 0.3) is 10.9 Å². The molecular weight excluding hydrogens is 388 g/mol. The van der Waals surface area contributed by atoms with E-state index >= 15 is 0 Å². The molecular formula is C18H16N2O9. The summed E-state index contributed by atoms with van der Waals surface area (Å²) in [5, 5.41) is 6.56. The Morgan fingerprint density at radius 1 is 0.966 bits per heavy atom. The van der Waals surface area contributed by atoms with Gasteiger partial charge in [0, 0.05) is 19.9 Å². The SMILES string of the molecule is CCCCOc1cc2oc(=NOC(C)=O)c(=O)c2c2oc(=NOC(C)=O)c(=O)c12. The molecule has 0 aliphatic heterocycles. The summed E-state index contributed by atoms with van der Waals surface area (Å²) in [6.07, 6.45) is 1.57. The minimum absolute atomic E-state index is 0.00712. The number of benzene rings is 1. The number of hydrogen-bond acceptors (Lipinski definition) is 11. The monoisotopic (exact) mass is 404 g/mol. The number of rotatable bonds is 6. The van der Waals surface area contributed by atoms with Crippen LogP contribution in [0, 0.1) is 0 Å². The van der Waals surface area contributed by atoms with E-state index in [0.717, 1.165) is 20.3 Å². The summed E-state index contributed by atoms with van der Waals surface area (Å²) in [5.41, 5.74) is -2.70. The number of fused-ring (bicyclic) bond motifs is 3. The van der Waals surface area contributed by atoms with Crippen LogP contribution in [-0.2, 0) is 19.3 Å². The average molecular weight is 404 g/mol. The third kappa shape index (κ3) is 3.93. The molecule has 2 heterocycles. The van der Waals surface area contributed by atoms with Gasteiger partial charge in [-0.15, -0.1) is 0 Å². The fourth-order valence-electron chi connectivity index (χ4n) is 2.50. The summed E-state index contributed by atoms with van der Waals surface area (Å²) < 4.78 is 16.4. The molecule has 1 aromatic carbocycles. The normalized spacial score (nSPS) is 12.7. The van der Waals surface area contributed by atoms with Crippen LogP contribution < -0.4 is 26.7 Å².